The van der Waals surface area contributed by atoms with Gasteiger partial charge in [-0.05, 0) is 47.8 Å². The lowest BCUT2D eigenvalue weighted by Crippen LogP contribution is -2.26. The Morgan fingerprint density at radius 3 is 2.64 bits per heavy atom. The smallest absolute Gasteiger partial charge is 0.134 e. The highest BCUT2D eigenvalue weighted by Crippen LogP contribution is 2.45. The van der Waals surface area contributed by atoms with E-state index in [1.54, 1.807) is 11.3 Å². The Morgan fingerprint density at radius 2 is 1.88 bits per heavy atom. The lowest BCUT2D eigenvalue weighted by Gasteiger charge is -2.33. The van der Waals surface area contributed by atoms with Gasteiger partial charge in [0.25, 0.3) is 0 Å². The molecule has 166 valence electrons. The summed E-state index contributed by atoms with van der Waals surface area (Å²) in [5, 5.41) is 11.9. The summed E-state index contributed by atoms with van der Waals surface area (Å²) < 4.78 is 2.28. The number of fused-ring (bicyclic) bond motifs is 2. The van der Waals surface area contributed by atoms with E-state index in [9.17, 15) is 5.26 Å². The van der Waals surface area contributed by atoms with Gasteiger partial charge in [0.15, 0.2) is 0 Å². The molecule has 0 saturated heterocycles. The van der Waals surface area contributed by atoms with Gasteiger partial charge < -0.3 is 4.57 Å². The minimum absolute atomic E-state index is 0.290. The molecule has 2 heterocycles. The van der Waals surface area contributed by atoms with Gasteiger partial charge in [-0.15, -0.1) is 11.3 Å². The molecule has 3 nitrogen and oxygen atoms in total. The quantitative estimate of drug-likeness (QED) is 0.296. The lowest BCUT2D eigenvalue weighted by atomic mass is 9.72. The SMILES string of the molecule is CC(C)(C)[C@H]1CCc2c(sc(N=Cc3cn(Cc4ccccc4)c4ccccc34)c2C#N)C1. The minimum Gasteiger partial charge on any atom is -0.342 e. The average Bonchev–Trinajstić information content (AvgIpc) is 3.35. The average molecular weight is 452 g/mol. The fraction of sp³-hybridized carbons (Fsp3) is 0.310. The molecule has 0 spiro atoms. The highest BCUT2D eigenvalue weighted by atomic mass is 32.1. The molecule has 0 saturated carbocycles. The van der Waals surface area contributed by atoms with Crippen LogP contribution in [-0.2, 0) is 19.4 Å². The number of aromatic nitrogens is 1. The second-order valence-corrected chi connectivity index (χ2v) is 11.2. The summed E-state index contributed by atoms with van der Waals surface area (Å²) in [7, 11) is 0. The molecule has 0 radical (unpaired) electrons. The topological polar surface area (TPSA) is 41.1 Å². The van der Waals surface area contributed by atoms with E-state index < -0.39 is 0 Å². The van der Waals surface area contributed by atoms with Gasteiger partial charge in [-0.1, -0.05) is 69.3 Å². The van der Waals surface area contributed by atoms with Gasteiger partial charge in [-0.2, -0.15) is 5.26 Å². The first kappa shape index (κ1) is 21.7. The third kappa shape index (κ3) is 4.26. The zero-order chi connectivity index (χ0) is 23.0. The number of hydrogen-bond acceptors (Lipinski definition) is 3. The monoisotopic (exact) mass is 451 g/mol. The van der Waals surface area contributed by atoms with Gasteiger partial charge in [0.1, 0.15) is 11.1 Å². The predicted molar refractivity (Wildman–Crippen MR) is 139 cm³/mol. The van der Waals surface area contributed by atoms with Crippen molar-refractivity contribution in [3.63, 3.8) is 0 Å². The van der Waals surface area contributed by atoms with Crippen molar-refractivity contribution in [2.24, 2.45) is 16.3 Å². The lowest BCUT2D eigenvalue weighted by molar-refractivity contribution is 0.218. The summed E-state index contributed by atoms with van der Waals surface area (Å²) in [6.45, 7) is 7.80. The van der Waals surface area contributed by atoms with Crippen molar-refractivity contribution in [1.82, 2.24) is 4.57 Å². The summed E-state index contributed by atoms with van der Waals surface area (Å²) in [6.07, 6.45) is 7.32. The van der Waals surface area contributed by atoms with E-state index in [1.807, 2.05) is 12.3 Å². The minimum atomic E-state index is 0.290. The molecule has 0 amide bonds. The van der Waals surface area contributed by atoms with Crippen LogP contribution in [-0.4, -0.2) is 10.8 Å². The van der Waals surface area contributed by atoms with Crippen molar-refractivity contribution >= 4 is 33.5 Å². The molecule has 1 aliphatic carbocycles. The zero-order valence-corrected chi connectivity index (χ0v) is 20.3. The molecule has 2 aromatic carbocycles. The highest BCUT2D eigenvalue weighted by Gasteiger charge is 2.32. The fourth-order valence-corrected chi connectivity index (χ4v) is 6.16. The van der Waals surface area contributed by atoms with E-state index in [1.165, 1.54) is 26.9 Å². The van der Waals surface area contributed by atoms with E-state index in [-0.39, 0.29) is 0 Å². The molecule has 1 aliphatic rings. The van der Waals surface area contributed by atoms with Gasteiger partial charge in [0, 0.05) is 40.3 Å². The van der Waals surface area contributed by atoms with Crippen molar-refractivity contribution in [2.75, 3.05) is 0 Å². The van der Waals surface area contributed by atoms with Crippen LogP contribution in [0.1, 0.15) is 54.3 Å². The van der Waals surface area contributed by atoms with E-state index in [0.29, 0.717) is 11.3 Å². The van der Waals surface area contributed by atoms with Gasteiger partial charge in [0.05, 0.1) is 5.56 Å². The Hall–Kier alpha value is -3.16. The van der Waals surface area contributed by atoms with Crippen LogP contribution in [0.4, 0.5) is 5.00 Å². The van der Waals surface area contributed by atoms with Crippen LogP contribution in [0.2, 0.25) is 0 Å². The Bertz CT molecular complexity index is 1360. The highest BCUT2D eigenvalue weighted by molar-refractivity contribution is 7.16. The molecule has 0 bridgehead atoms. The normalized spacial score (nSPS) is 16.2. The number of benzene rings is 2. The molecule has 1 atom stereocenters. The molecular weight excluding hydrogens is 422 g/mol. The van der Waals surface area contributed by atoms with Crippen LogP contribution < -0.4 is 0 Å². The maximum Gasteiger partial charge on any atom is 0.134 e. The molecular formula is C29H29N3S. The number of hydrogen-bond donors (Lipinski definition) is 0. The summed E-state index contributed by atoms with van der Waals surface area (Å²) >= 11 is 1.71. The molecule has 33 heavy (non-hydrogen) atoms. The Kier molecular flexibility index (Phi) is 5.68. The van der Waals surface area contributed by atoms with Crippen LogP contribution >= 0.6 is 11.3 Å². The molecule has 0 aliphatic heterocycles. The van der Waals surface area contributed by atoms with Crippen molar-refractivity contribution in [3.05, 3.63) is 87.9 Å². The number of rotatable bonds is 4. The number of aliphatic imine (C=N–C) groups is 1. The molecule has 0 fully saturated rings. The summed E-state index contributed by atoms with van der Waals surface area (Å²) in [5.74, 6) is 0.656. The van der Waals surface area contributed by atoms with Crippen LogP contribution in [0.5, 0.6) is 0 Å². The fourth-order valence-electron chi connectivity index (χ4n) is 4.93. The van der Waals surface area contributed by atoms with E-state index >= 15 is 0 Å². The van der Waals surface area contributed by atoms with E-state index in [4.69, 9.17) is 4.99 Å². The van der Waals surface area contributed by atoms with Gasteiger partial charge in [0.2, 0.25) is 0 Å². The maximum atomic E-state index is 9.90. The molecule has 4 aromatic rings. The van der Waals surface area contributed by atoms with Crippen LogP contribution in [0.3, 0.4) is 0 Å². The van der Waals surface area contributed by atoms with Crippen molar-refractivity contribution in [1.29, 1.82) is 5.26 Å². The van der Waals surface area contributed by atoms with Crippen LogP contribution in [0, 0.1) is 22.7 Å². The van der Waals surface area contributed by atoms with Gasteiger partial charge >= 0.3 is 0 Å². The predicted octanol–water partition coefficient (Wildman–Crippen LogP) is 7.52. The largest absolute Gasteiger partial charge is 0.342 e. The zero-order valence-electron chi connectivity index (χ0n) is 19.5. The Balaban J connectivity index is 1.49. The van der Waals surface area contributed by atoms with Gasteiger partial charge in [-0.3, -0.25) is 0 Å². The maximum absolute atomic E-state index is 9.90. The van der Waals surface area contributed by atoms with Crippen LogP contribution in [0.25, 0.3) is 10.9 Å². The Labute approximate surface area is 200 Å². The second kappa shape index (κ2) is 8.65. The van der Waals surface area contributed by atoms with Crippen molar-refractivity contribution in [3.8, 4) is 6.07 Å². The third-order valence-corrected chi connectivity index (χ3v) is 8.08. The molecule has 0 unspecified atom stereocenters. The Morgan fingerprint density at radius 1 is 1.12 bits per heavy atom. The van der Waals surface area contributed by atoms with E-state index in [0.717, 1.165) is 41.9 Å². The molecule has 0 N–H and O–H groups in total. The van der Waals surface area contributed by atoms with E-state index in [2.05, 4.69) is 86.1 Å². The molecule has 5 rings (SSSR count). The molecule has 2 aromatic heterocycles. The van der Waals surface area contributed by atoms with Crippen molar-refractivity contribution in [2.45, 2.75) is 46.6 Å². The third-order valence-electron chi connectivity index (χ3n) is 6.92. The first-order valence-electron chi connectivity index (χ1n) is 11.6. The number of nitriles is 1. The first-order valence-corrected chi connectivity index (χ1v) is 12.5. The molecule has 4 heteroatoms. The summed E-state index contributed by atoms with van der Waals surface area (Å²) in [4.78, 5) is 6.23. The summed E-state index contributed by atoms with van der Waals surface area (Å²) in [5.41, 5.74) is 5.87. The van der Waals surface area contributed by atoms with Crippen molar-refractivity contribution < 1.29 is 0 Å². The standard InChI is InChI=1S/C29H29N3S/c1-29(2,3)22-13-14-24-25(16-30)28(33-27(24)15-22)31-17-21-19-32(18-20-9-5-4-6-10-20)26-12-8-7-11-23(21)26/h4-12,17,19,22H,13-15,18H2,1-3H3/t22-/m0/s1. The first-order chi connectivity index (χ1) is 15.9. The second-order valence-electron chi connectivity index (χ2n) is 10.1. The van der Waals surface area contributed by atoms with Crippen LogP contribution in [0.15, 0.2) is 65.8 Å². The number of thiophene rings is 1. The van der Waals surface area contributed by atoms with Gasteiger partial charge in [-0.25, -0.2) is 4.99 Å². The number of nitrogens with zero attached hydrogens (tertiary/aromatic N) is 3. The summed E-state index contributed by atoms with van der Waals surface area (Å²) in [6, 6.07) is 21.4. The number of para-hydroxylation sites is 1.